The monoisotopic (exact) mass is 277 g/mol. The predicted molar refractivity (Wildman–Crippen MR) is 67.4 cm³/mol. The van der Waals surface area contributed by atoms with E-state index >= 15 is 0 Å². The largest absolute Gasteiger partial charge is 0.487 e. The fourth-order valence-corrected chi connectivity index (χ4v) is 1.76. The first-order chi connectivity index (χ1) is 7.75. The molecule has 0 N–H and O–H groups in total. The summed E-state index contributed by atoms with van der Waals surface area (Å²) in [6, 6.07) is 11.8. The molecule has 0 aliphatic rings. The standard InChI is InChI=1S/C13H12BrNO/c1-10-4-3-7-15-13(10)9-16-12-6-2-5-11(14)8-12/h2-8H,9H2,1H3. The van der Waals surface area contributed by atoms with Gasteiger partial charge in [0.2, 0.25) is 0 Å². The highest BCUT2D eigenvalue weighted by atomic mass is 79.9. The van der Waals surface area contributed by atoms with E-state index in [1.54, 1.807) is 6.20 Å². The lowest BCUT2D eigenvalue weighted by molar-refractivity contribution is 0.300. The minimum atomic E-state index is 0.503. The number of rotatable bonds is 3. The Morgan fingerprint density at radius 2 is 2.12 bits per heavy atom. The Morgan fingerprint density at radius 1 is 1.25 bits per heavy atom. The van der Waals surface area contributed by atoms with Crippen molar-refractivity contribution in [1.82, 2.24) is 4.98 Å². The summed E-state index contributed by atoms with van der Waals surface area (Å²) in [5.41, 5.74) is 2.12. The number of aryl methyl sites for hydroxylation is 1. The minimum Gasteiger partial charge on any atom is -0.487 e. The third kappa shape index (κ3) is 2.83. The zero-order chi connectivity index (χ0) is 11.4. The van der Waals surface area contributed by atoms with Crippen LogP contribution in [0.5, 0.6) is 5.75 Å². The first-order valence-corrected chi connectivity index (χ1v) is 5.84. The highest BCUT2D eigenvalue weighted by Crippen LogP contribution is 2.19. The number of ether oxygens (including phenoxy) is 1. The quantitative estimate of drug-likeness (QED) is 0.853. The molecule has 1 heterocycles. The molecule has 2 rings (SSSR count). The van der Waals surface area contributed by atoms with E-state index in [0.29, 0.717) is 6.61 Å². The molecule has 0 saturated heterocycles. The maximum Gasteiger partial charge on any atom is 0.130 e. The van der Waals surface area contributed by atoms with Gasteiger partial charge in [-0.15, -0.1) is 0 Å². The van der Waals surface area contributed by atoms with Gasteiger partial charge in [-0.25, -0.2) is 0 Å². The second-order valence-electron chi connectivity index (χ2n) is 3.51. The van der Waals surface area contributed by atoms with Crippen molar-refractivity contribution in [3.05, 3.63) is 58.3 Å². The molecule has 0 aliphatic carbocycles. The zero-order valence-electron chi connectivity index (χ0n) is 8.98. The van der Waals surface area contributed by atoms with Crippen molar-refractivity contribution < 1.29 is 4.74 Å². The van der Waals surface area contributed by atoms with Crippen LogP contribution in [0.1, 0.15) is 11.3 Å². The summed E-state index contributed by atoms with van der Waals surface area (Å²) in [5.74, 6) is 0.847. The Hall–Kier alpha value is -1.35. The van der Waals surface area contributed by atoms with Gasteiger partial charge in [-0.3, -0.25) is 4.98 Å². The lowest BCUT2D eigenvalue weighted by atomic mass is 10.2. The summed E-state index contributed by atoms with van der Waals surface area (Å²) in [6.45, 7) is 2.54. The molecule has 0 amide bonds. The van der Waals surface area contributed by atoms with Crippen LogP contribution in [0.15, 0.2) is 47.1 Å². The van der Waals surface area contributed by atoms with Crippen LogP contribution in [-0.2, 0) is 6.61 Å². The smallest absolute Gasteiger partial charge is 0.130 e. The van der Waals surface area contributed by atoms with Gasteiger partial charge in [0.25, 0.3) is 0 Å². The summed E-state index contributed by atoms with van der Waals surface area (Å²) in [7, 11) is 0. The van der Waals surface area contributed by atoms with Gasteiger partial charge < -0.3 is 4.74 Å². The second kappa shape index (κ2) is 5.12. The number of nitrogens with zero attached hydrogens (tertiary/aromatic N) is 1. The molecule has 2 nitrogen and oxygen atoms in total. The van der Waals surface area contributed by atoms with Gasteiger partial charge >= 0.3 is 0 Å². The molecule has 0 unspecified atom stereocenters. The van der Waals surface area contributed by atoms with Crippen molar-refractivity contribution in [3.63, 3.8) is 0 Å². The molecule has 16 heavy (non-hydrogen) atoms. The van der Waals surface area contributed by atoms with Crippen molar-refractivity contribution in [2.45, 2.75) is 13.5 Å². The van der Waals surface area contributed by atoms with Gasteiger partial charge in [-0.1, -0.05) is 28.1 Å². The van der Waals surface area contributed by atoms with Crippen LogP contribution in [0.4, 0.5) is 0 Å². The lowest BCUT2D eigenvalue weighted by Gasteiger charge is -2.07. The molecular weight excluding hydrogens is 266 g/mol. The first kappa shape index (κ1) is 11.1. The van der Waals surface area contributed by atoms with Gasteiger partial charge in [0.1, 0.15) is 12.4 Å². The Balaban J connectivity index is 2.05. The van der Waals surface area contributed by atoms with E-state index in [-0.39, 0.29) is 0 Å². The number of hydrogen-bond acceptors (Lipinski definition) is 2. The number of pyridine rings is 1. The van der Waals surface area contributed by atoms with Crippen molar-refractivity contribution in [2.24, 2.45) is 0 Å². The SMILES string of the molecule is Cc1cccnc1COc1cccc(Br)c1. The lowest BCUT2D eigenvalue weighted by Crippen LogP contribution is -2.00. The van der Waals surface area contributed by atoms with Crippen molar-refractivity contribution in [2.75, 3.05) is 0 Å². The molecule has 0 fully saturated rings. The summed E-state index contributed by atoms with van der Waals surface area (Å²) in [6.07, 6.45) is 1.78. The van der Waals surface area contributed by atoms with E-state index in [9.17, 15) is 0 Å². The Labute approximate surface area is 103 Å². The molecule has 3 heteroatoms. The van der Waals surface area contributed by atoms with Gasteiger partial charge in [0.15, 0.2) is 0 Å². The molecule has 0 aliphatic heterocycles. The highest BCUT2D eigenvalue weighted by Gasteiger charge is 2.00. The summed E-state index contributed by atoms with van der Waals surface area (Å²) < 4.78 is 6.68. The number of halogens is 1. The molecule has 0 atom stereocenters. The Kier molecular flexibility index (Phi) is 3.57. The maximum absolute atomic E-state index is 5.66. The van der Waals surface area contributed by atoms with Crippen LogP contribution in [-0.4, -0.2) is 4.98 Å². The third-order valence-electron chi connectivity index (χ3n) is 2.29. The molecule has 2 aromatic rings. The number of benzene rings is 1. The number of aromatic nitrogens is 1. The summed E-state index contributed by atoms with van der Waals surface area (Å²) in [5, 5.41) is 0. The fraction of sp³-hybridized carbons (Fsp3) is 0.154. The van der Waals surface area contributed by atoms with Crippen molar-refractivity contribution in [3.8, 4) is 5.75 Å². The third-order valence-corrected chi connectivity index (χ3v) is 2.78. The van der Waals surface area contributed by atoms with Gasteiger partial charge in [-0.05, 0) is 36.8 Å². The molecular formula is C13H12BrNO. The van der Waals surface area contributed by atoms with Crippen LogP contribution >= 0.6 is 15.9 Å². The average molecular weight is 278 g/mol. The topological polar surface area (TPSA) is 22.1 Å². The van der Waals surface area contributed by atoms with E-state index in [1.165, 1.54) is 0 Å². The Bertz CT molecular complexity index is 485. The normalized spacial score (nSPS) is 10.1. The van der Waals surface area contributed by atoms with E-state index in [0.717, 1.165) is 21.5 Å². The van der Waals surface area contributed by atoms with Gasteiger partial charge in [0, 0.05) is 10.7 Å². The van der Waals surface area contributed by atoms with Gasteiger partial charge in [-0.2, -0.15) is 0 Å². The summed E-state index contributed by atoms with van der Waals surface area (Å²) in [4.78, 5) is 4.28. The van der Waals surface area contributed by atoms with Crippen LogP contribution in [0.3, 0.4) is 0 Å². The van der Waals surface area contributed by atoms with Crippen molar-refractivity contribution in [1.29, 1.82) is 0 Å². The minimum absolute atomic E-state index is 0.503. The molecule has 0 saturated carbocycles. The Morgan fingerprint density at radius 3 is 2.88 bits per heavy atom. The van der Waals surface area contributed by atoms with Crippen LogP contribution in [0, 0.1) is 6.92 Å². The van der Waals surface area contributed by atoms with Crippen molar-refractivity contribution >= 4 is 15.9 Å². The molecule has 82 valence electrons. The summed E-state index contributed by atoms with van der Waals surface area (Å²) >= 11 is 3.41. The molecule has 1 aromatic heterocycles. The van der Waals surface area contributed by atoms with E-state index in [2.05, 4.69) is 20.9 Å². The molecule has 0 radical (unpaired) electrons. The van der Waals surface area contributed by atoms with Crippen LogP contribution in [0.25, 0.3) is 0 Å². The maximum atomic E-state index is 5.66. The molecule has 0 spiro atoms. The molecule has 1 aromatic carbocycles. The van der Waals surface area contributed by atoms with Crippen LogP contribution < -0.4 is 4.74 Å². The van der Waals surface area contributed by atoms with Gasteiger partial charge in [0.05, 0.1) is 5.69 Å². The predicted octanol–water partition coefficient (Wildman–Crippen LogP) is 3.73. The van der Waals surface area contributed by atoms with E-state index < -0.39 is 0 Å². The van der Waals surface area contributed by atoms with E-state index in [1.807, 2.05) is 43.3 Å². The highest BCUT2D eigenvalue weighted by molar-refractivity contribution is 9.10. The van der Waals surface area contributed by atoms with Crippen LogP contribution in [0.2, 0.25) is 0 Å². The first-order valence-electron chi connectivity index (χ1n) is 5.04. The molecule has 0 bridgehead atoms. The number of hydrogen-bond donors (Lipinski definition) is 0. The fourth-order valence-electron chi connectivity index (χ4n) is 1.38. The second-order valence-corrected chi connectivity index (χ2v) is 4.43. The zero-order valence-corrected chi connectivity index (χ0v) is 10.6. The van der Waals surface area contributed by atoms with E-state index in [4.69, 9.17) is 4.74 Å². The average Bonchev–Trinajstić information content (AvgIpc) is 2.28.